The van der Waals surface area contributed by atoms with Gasteiger partial charge in [0.2, 0.25) is 0 Å². The Morgan fingerprint density at radius 3 is 2.65 bits per heavy atom. The zero-order valence-electron chi connectivity index (χ0n) is 13.5. The summed E-state index contributed by atoms with van der Waals surface area (Å²) >= 11 is 0. The number of carboxylic acid groups (broad SMARTS) is 1. The number of oxazole rings is 1. The molecule has 1 fully saturated rings. The number of aryl methyl sites for hydroxylation is 2. The summed E-state index contributed by atoms with van der Waals surface area (Å²) in [5, 5.41) is 8.68. The second kappa shape index (κ2) is 7.97. The van der Waals surface area contributed by atoms with Crippen LogP contribution in [0.3, 0.4) is 0 Å². The Morgan fingerprint density at radius 2 is 2.04 bits per heavy atom. The van der Waals surface area contributed by atoms with Gasteiger partial charge < -0.3 is 15.3 Å². The molecule has 0 bridgehead atoms. The largest absolute Gasteiger partial charge is 0.480 e. The lowest BCUT2D eigenvalue weighted by Crippen LogP contribution is -2.29. The van der Waals surface area contributed by atoms with E-state index >= 15 is 0 Å². The van der Waals surface area contributed by atoms with Crippen LogP contribution in [0.15, 0.2) is 27.4 Å². The molecule has 1 aromatic heterocycles. The average molecular weight is 320 g/mol. The maximum Gasteiger partial charge on any atom is 0.419 e. The van der Waals surface area contributed by atoms with E-state index in [2.05, 4.69) is 0 Å². The molecule has 126 valence electrons. The molecule has 0 amide bonds. The summed E-state index contributed by atoms with van der Waals surface area (Å²) in [6.07, 6.45) is 7.41. The molecule has 1 unspecified atom stereocenters. The minimum atomic E-state index is -0.959. The molecule has 1 aromatic carbocycles. The van der Waals surface area contributed by atoms with Gasteiger partial charge in [-0.05, 0) is 37.0 Å². The summed E-state index contributed by atoms with van der Waals surface area (Å²) in [5.41, 5.74) is 7.89. The highest BCUT2D eigenvalue weighted by atomic mass is 16.4. The van der Waals surface area contributed by atoms with Gasteiger partial charge in [0.25, 0.3) is 0 Å². The van der Waals surface area contributed by atoms with E-state index in [0.717, 1.165) is 30.3 Å². The lowest BCUT2D eigenvalue weighted by atomic mass is 10.0. The predicted molar refractivity (Wildman–Crippen MR) is 88.5 cm³/mol. The normalized spacial score (nSPS) is 14.2. The van der Waals surface area contributed by atoms with Crippen LogP contribution in [-0.2, 0) is 18.3 Å². The molecule has 1 atom stereocenters. The molecule has 3 N–H and O–H groups in total. The second-order valence-electron chi connectivity index (χ2n) is 5.98. The van der Waals surface area contributed by atoms with Crippen LogP contribution in [0.4, 0.5) is 0 Å². The van der Waals surface area contributed by atoms with Gasteiger partial charge in [0.1, 0.15) is 6.04 Å². The van der Waals surface area contributed by atoms with Gasteiger partial charge in [0.15, 0.2) is 5.58 Å². The van der Waals surface area contributed by atoms with Crippen molar-refractivity contribution in [3.63, 3.8) is 0 Å². The van der Waals surface area contributed by atoms with Crippen LogP contribution >= 0.6 is 0 Å². The maximum atomic E-state index is 11.4. The molecule has 23 heavy (non-hydrogen) atoms. The molecule has 1 aliphatic rings. The first-order valence-electron chi connectivity index (χ1n) is 8.06. The third kappa shape index (κ3) is 5.25. The summed E-state index contributed by atoms with van der Waals surface area (Å²) in [6.45, 7) is 0. The fourth-order valence-electron chi connectivity index (χ4n) is 2.14. The number of aliphatic carboxylic acids is 1. The van der Waals surface area contributed by atoms with E-state index in [1.807, 2.05) is 12.1 Å². The molecule has 0 aliphatic heterocycles. The summed E-state index contributed by atoms with van der Waals surface area (Å²) in [4.78, 5) is 22.0. The number of benzene rings is 1. The van der Waals surface area contributed by atoms with Crippen LogP contribution in [0.5, 0.6) is 0 Å². The van der Waals surface area contributed by atoms with Crippen molar-refractivity contribution in [2.45, 2.75) is 51.0 Å². The van der Waals surface area contributed by atoms with Crippen molar-refractivity contribution in [1.82, 2.24) is 4.57 Å². The second-order valence-corrected chi connectivity index (χ2v) is 5.98. The average Bonchev–Trinajstić information content (AvgIpc) is 3.37. The van der Waals surface area contributed by atoms with E-state index in [9.17, 15) is 9.59 Å². The van der Waals surface area contributed by atoms with E-state index in [0.29, 0.717) is 12.0 Å². The van der Waals surface area contributed by atoms with Gasteiger partial charge in [0, 0.05) is 7.05 Å². The Bertz CT molecular complexity index is 712. The summed E-state index contributed by atoms with van der Waals surface area (Å²) in [7, 11) is 1.67. The zero-order chi connectivity index (χ0) is 16.8. The molecule has 6 heteroatoms. The molecule has 1 aliphatic carbocycles. The summed E-state index contributed by atoms with van der Waals surface area (Å²) in [5.74, 6) is -1.33. The predicted octanol–water partition coefficient (Wildman–Crippen LogP) is 2.43. The molecule has 2 aromatic rings. The topological polar surface area (TPSA) is 98.5 Å². The number of nitrogens with two attached hydrogens (primary N) is 1. The minimum Gasteiger partial charge on any atom is -0.480 e. The minimum absolute atomic E-state index is 0.371. The zero-order valence-corrected chi connectivity index (χ0v) is 13.5. The number of hydrogen-bond acceptors (Lipinski definition) is 4. The Hall–Kier alpha value is -2.08. The van der Waals surface area contributed by atoms with Crippen molar-refractivity contribution in [2.75, 3.05) is 0 Å². The Kier molecular flexibility index (Phi) is 5.98. The highest BCUT2D eigenvalue weighted by Crippen LogP contribution is 2.16. The van der Waals surface area contributed by atoms with Gasteiger partial charge in [-0.3, -0.25) is 9.36 Å². The number of rotatable bonds is 6. The molecule has 1 saturated carbocycles. The number of aromatic nitrogens is 1. The first kappa shape index (κ1) is 17.3. The van der Waals surface area contributed by atoms with Crippen LogP contribution < -0.4 is 11.5 Å². The SMILES string of the molecule is C1CC1.Cn1c(=O)oc2ccc(CCCCC(N)C(=O)O)cc21. The van der Waals surface area contributed by atoms with Gasteiger partial charge in [-0.1, -0.05) is 31.7 Å². The molecule has 6 nitrogen and oxygen atoms in total. The van der Waals surface area contributed by atoms with Crippen molar-refractivity contribution in [3.8, 4) is 0 Å². The number of carboxylic acids is 1. The summed E-state index contributed by atoms with van der Waals surface area (Å²) in [6, 6.07) is 4.85. The monoisotopic (exact) mass is 320 g/mol. The first-order chi connectivity index (χ1) is 11.0. The summed E-state index contributed by atoms with van der Waals surface area (Å²) < 4.78 is 6.53. The van der Waals surface area contributed by atoms with Crippen molar-refractivity contribution in [1.29, 1.82) is 0 Å². The van der Waals surface area contributed by atoms with E-state index in [1.165, 1.54) is 23.8 Å². The lowest BCUT2D eigenvalue weighted by molar-refractivity contribution is -0.138. The van der Waals surface area contributed by atoms with Crippen LogP contribution in [0, 0.1) is 0 Å². The van der Waals surface area contributed by atoms with Gasteiger partial charge in [-0.2, -0.15) is 0 Å². The lowest BCUT2D eigenvalue weighted by Gasteiger charge is -2.06. The quantitative estimate of drug-likeness (QED) is 0.796. The van der Waals surface area contributed by atoms with Crippen molar-refractivity contribution in [3.05, 3.63) is 34.3 Å². The Balaban J connectivity index is 0.000000572. The number of fused-ring (bicyclic) bond motifs is 1. The molecular formula is C17H24N2O4. The standard InChI is InChI=1S/C14H18N2O4.C3H6/c1-16-11-8-9(6-7-12(11)20-14(16)19)4-2-3-5-10(15)13(17)18;1-2-3-1/h6-8,10H,2-5,15H2,1H3,(H,17,18);1-3H2. The third-order valence-electron chi connectivity index (χ3n) is 3.76. The smallest absolute Gasteiger partial charge is 0.419 e. The molecule has 0 spiro atoms. The number of carbonyl (C=O) groups is 1. The van der Waals surface area contributed by atoms with Crippen molar-refractivity contribution < 1.29 is 14.3 Å². The van der Waals surface area contributed by atoms with E-state index in [4.69, 9.17) is 15.3 Å². The van der Waals surface area contributed by atoms with Crippen molar-refractivity contribution in [2.24, 2.45) is 12.8 Å². The van der Waals surface area contributed by atoms with Crippen LogP contribution in [0.1, 0.15) is 44.1 Å². The van der Waals surface area contributed by atoms with Crippen LogP contribution in [0.2, 0.25) is 0 Å². The third-order valence-corrected chi connectivity index (χ3v) is 3.76. The molecule has 0 radical (unpaired) electrons. The highest BCUT2D eigenvalue weighted by Gasteiger charge is 2.10. The van der Waals surface area contributed by atoms with E-state index in [-0.39, 0.29) is 5.76 Å². The van der Waals surface area contributed by atoms with Gasteiger partial charge in [0.05, 0.1) is 5.52 Å². The fourth-order valence-corrected chi connectivity index (χ4v) is 2.14. The first-order valence-corrected chi connectivity index (χ1v) is 8.06. The van der Waals surface area contributed by atoms with Gasteiger partial charge in [-0.25, -0.2) is 4.79 Å². The maximum absolute atomic E-state index is 11.4. The Morgan fingerprint density at radius 1 is 1.35 bits per heavy atom. The number of nitrogens with zero attached hydrogens (tertiary/aromatic N) is 1. The molecular weight excluding hydrogens is 296 g/mol. The molecule has 0 saturated heterocycles. The molecule has 3 rings (SSSR count). The van der Waals surface area contributed by atoms with Crippen LogP contribution in [-0.4, -0.2) is 21.7 Å². The van der Waals surface area contributed by atoms with E-state index < -0.39 is 12.0 Å². The molecule has 1 heterocycles. The fraction of sp³-hybridized carbons (Fsp3) is 0.529. The van der Waals surface area contributed by atoms with Crippen LogP contribution in [0.25, 0.3) is 11.1 Å². The van der Waals surface area contributed by atoms with Gasteiger partial charge in [-0.15, -0.1) is 0 Å². The number of hydrogen-bond donors (Lipinski definition) is 2. The Labute approximate surface area is 134 Å². The van der Waals surface area contributed by atoms with Gasteiger partial charge >= 0.3 is 11.7 Å². The highest BCUT2D eigenvalue weighted by molar-refractivity contribution is 5.73. The van der Waals surface area contributed by atoms with E-state index in [1.54, 1.807) is 13.1 Å². The number of unbranched alkanes of at least 4 members (excludes halogenated alkanes) is 1. The van der Waals surface area contributed by atoms with Crippen molar-refractivity contribution >= 4 is 17.1 Å².